The summed E-state index contributed by atoms with van der Waals surface area (Å²) >= 11 is 5.73. The molecule has 104 valence electrons. The van der Waals surface area contributed by atoms with Gasteiger partial charge in [0.25, 0.3) is 5.69 Å². The van der Waals surface area contributed by atoms with Crippen molar-refractivity contribution in [1.82, 2.24) is 0 Å². The van der Waals surface area contributed by atoms with Crippen LogP contribution in [0.4, 0.5) is 11.4 Å². The summed E-state index contributed by atoms with van der Waals surface area (Å²) in [6.07, 6.45) is 0. The maximum Gasteiger partial charge on any atom is 0.292 e. The molecule has 0 N–H and O–H groups in total. The highest BCUT2D eigenvalue weighted by Crippen LogP contribution is 2.29. The van der Waals surface area contributed by atoms with Crippen molar-refractivity contribution in [2.75, 3.05) is 11.9 Å². The van der Waals surface area contributed by atoms with Gasteiger partial charge in [0.1, 0.15) is 5.69 Å². The van der Waals surface area contributed by atoms with Crippen molar-refractivity contribution in [1.29, 1.82) is 0 Å². The van der Waals surface area contributed by atoms with E-state index in [1.54, 1.807) is 6.07 Å². The molecule has 0 radical (unpaired) electrons. The van der Waals surface area contributed by atoms with Gasteiger partial charge in [-0.2, -0.15) is 0 Å². The van der Waals surface area contributed by atoms with Crippen LogP contribution in [0.15, 0.2) is 48.5 Å². The van der Waals surface area contributed by atoms with Crippen LogP contribution < -0.4 is 4.90 Å². The SMILES string of the molecule is CN(Cc1ccccc1)c1ccc(CCl)cc1[N+](=O)[O-]. The van der Waals surface area contributed by atoms with Crippen molar-refractivity contribution in [2.45, 2.75) is 12.4 Å². The molecule has 0 aliphatic heterocycles. The zero-order chi connectivity index (χ0) is 14.5. The number of nitrogens with zero attached hydrogens (tertiary/aromatic N) is 2. The normalized spacial score (nSPS) is 10.3. The smallest absolute Gasteiger partial charge is 0.292 e. The summed E-state index contributed by atoms with van der Waals surface area (Å²) in [6.45, 7) is 0.613. The van der Waals surface area contributed by atoms with Gasteiger partial charge in [0.2, 0.25) is 0 Å². The number of halogens is 1. The molecule has 0 saturated carbocycles. The minimum atomic E-state index is -0.368. The van der Waals surface area contributed by atoms with E-state index in [1.165, 1.54) is 6.07 Å². The Morgan fingerprint density at radius 3 is 2.45 bits per heavy atom. The Bertz CT molecular complexity index is 602. The quantitative estimate of drug-likeness (QED) is 0.475. The van der Waals surface area contributed by atoms with Gasteiger partial charge in [-0.1, -0.05) is 36.4 Å². The summed E-state index contributed by atoms with van der Waals surface area (Å²) in [5.74, 6) is 0.267. The Balaban J connectivity index is 2.29. The second kappa shape index (κ2) is 6.39. The highest BCUT2D eigenvalue weighted by molar-refractivity contribution is 6.17. The van der Waals surface area contributed by atoms with Gasteiger partial charge in [-0.15, -0.1) is 11.6 Å². The van der Waals surface area contributed by atoms with Crippen LogP contribution in [-0.4, -0.2) is 12.0 Å². The number of nitro groups is 1. The fraction of sp³-hybridized carbons (Fsp3) is 0.200. The van der Waals surface area contributed by atoms with Crippen LogP contribution >= 0.6 is 11.6 Å². The summed E-state index contributed by atoms with van der Waals surface area (Å²) in [6, 6.07) is 14.9. The molecule has 0 aromatic heterocycles. The van der Waals surface area contributed by atoms with Gasteiger partial charge in [0, 0.05) is 25.5 Å². The van der Waals surface area contributed by atoms with E-state index < -0.39 is 0 Å². The molecule has 2 rings (SSSR count). The molecule has 2 aromatic rings. The first-order chi connectivity index (χ1) is 9.61. The number of hydrogen-bond donors (Lipinski definition) is 0. The van der Waals surface area contributed by atoms with Gasteiger partial charge >= 0.3 is 0 Å². The van der Waals surface area contributed by atoms with E-state index in [2.05, 4.69) is 0 Å². The van der Waals surface area contributed by atoms with E-state index in [4.69, 9.17) is 11.6 Å². The topological polar surface area (TPSA) is 46.4 Å². The van der Waals surface area contributed by atoms with E-state index >= 15 is 0 Å². The summed E-state index contributed by atoms with van der Waals surface area (Å²) < 4.78 is 0. The molecule has 0 aliphatic carbocycles. The van der Waals surface area contributed by atoms with E-state index in [9.17, 15) is 10.1 Å². The van der Waals surface area contributed by atoms with Crippen LogP contribution in [0, 0.1) is 10.1 Å². The summed E-state index contributed by atoms with van der Waals surface area (Å²) in [4.78, 5) is 12.7. The molecule has 0 atom stereocenters. The highest BCUT2D eigenvalue weighted by atomic mass is 35.5. The third-order valence-corrected chi connectivity index (χ3v) is 3.37. The minimum absolute atomic E-state index is 0.0848. The molecule has 0 amide bonds. The van der Waals surface area contributed by atoms with Crippen molar-refractivity contribution in [3.63, 3.8) is 0 Å². The van der Waals surface area contributed by atoms with Crippen LogP contribution in [0.1, 0.15) is 11.1 Å². The van der Waals surface area contributed by atoms with Crippen LogP contribution in [0.2, 0.25) is 0 Å². The molecule has 0 fully saturated rings. The standard InChI is InChI=1S/C15H15ClN2O2/c1-17(11-12-5-3-2-4-6-12)14-8-7-13(10-16)9-15(14)18(19)20/h2-9H,10-11H2,1H3. The molecule has 20 heavy (non-hydrogen) atoms. The van der Waals surface area contributed by atoms with Gasteiger partial charge < -0.3 is 4.90 Å². The first-order valence-electron chi connectivity index (χ1n) is 6.20. The maximum absolute atomic E-state index is 11.2. The lowest BCUT2D eigenvalue weighted by atomic mass is 10.1. The number of alkyl halides is 1. The van der Waals surface area contributed by atoms with Gasteiger partial charge in [-0.3, -0.25) is 10.1 Å². The van der Waals surface area contributed by atoms with Crippen molar-refractivity contribution < 1.29 is 4.92 Å². The summed E-state index contributed by atoms with van der Waals surface area (Å²) in [5, 5.41) is 11.2. The Morgan fingerprint density at radius 1 is 1.15 bits per heavy atom. The predicted molar refractivity (Wildman–Crippen MR) is 81.2 cm³/mol. The molecule has 5 heteroatoms. The number of anilines is 1. The average Bonchev–Trinajstić information content (AvgIpc) is 2.47. The molecule has 0 heterocycles. The van der Waals surface area contributed by atoms with Crippen LogP contribution in [-0.2, 0) is 12.4 Å². The number of benzene rings is 2. The molecule has 0 aliphatic rings. The van der Waals surface area contributed by atoms with Crippen molar-refractivity contribution in [2.24, 2.45) is 0 Å². The largest absolute Gasteiger partial charge is 0.365 e. The monoisotopic (exact) mass is 290 g/mol. The maximum atomic E-state index is 11.2. The highest BCUT2D eigenvalue weighted by Gasteiger charge is 2.17. The Hall–Kier alpha value is -2.07. The summed E-state index contributed by atoms with van der Waals surface area (Å²) in [5.41, 5.74) is 2.52. The van der Waals surface area contributed by atoms with E-state index in [0.29, 0.717) is 12.2 Å². The third-order valence-electron chi connectivity index (χ3n) is 3.06. The van der Waals surface area contributed by atoms with Crippen LogP contribution in [0.3, 0.4) is 0 Å². The van der Waals surface area contributed by atoms with E-state index in [1.807, 2.05) is 48.3 Å². The molecular weight excluding hydrogens is 276 g/mol. The van der Waals surface area contributed by atoms with Crippen LogP contribution in [0.25, 0.3) is 0 Å². The fourth-order valence-electron chi connectivity index (χ4n) is 2.06. The van der Waals surface area contributed by atoms with Crippen LogP contribution in [0.5, 0.6) is 0 Å². The van der Waals surface area contributed by atoms with Gasteiger partial charge in [0.15, 0.2) is 0 Å². The first kappa shape index (κ1) is 14.3. The van der Waals surface area contributed by atoms with Crippen molar-refractivity contribution in [3.8, 4) is 0 Å². The van der Waals surface area contributed by atoms with Gasteiger partial charge in [-0.25, -0.2) is 0 Å². The lowest BCUT2D eigenvalue weighted by molar-refractivity contribution is -0.384. The fourth-order valence-corrected chi connectivity index (χ4v) is 2.23. The van der Waals surface area contributed by atoms with Gasteiger partial charge in [-0.05, 0) is 17.2 Å². The lowest BCUT2D eigenvalue weighted by Gasteiger charge is -2.19. The van der Waals surface area contributed by atoms with E-state index in [0.717, 1.165) is 11.1 Å². The minimum Gasteiger partial charge on any atom is -0.365 e. The number of nitro benzene ring substituents is 1. The molecule has 0 saturated heterocycles. The molecule has 0 spiro atoms. The average molecular weight is 291 g/mol. The van der Waals surface area contributed by atoms with E-state index in [-0.39, 0.29) is 16.5 Å². The molecule has 2 aromatic carbocycles. The van der Waals surface area contributed by atoms with Crippen molar-refractivity contribution in [3.05, 3.63) is 69.8 Å². The number of hydrogen-bond acceptors (Lipinski definition) is 3. The second-order valence-electron chi connectivity index (χ2n) is 4.56. The molecule has 0 unspecified atom stereocenters. The molecule has 4 nitrogen and oxygen atoms in total. The zero-order valence-electron chi connectivity index (χ0n) is 11.1. The Morgan fingerprint density at radius 2 is 1.85 bits per heavy atom. The zero-order valence-corrected chi connectivity index (χ0v) is 11.9. The van der Waals surface area contributed by atoms with Crippen molar-refractivity contribution >= 4 is 23.0 Å². The van der Waals surface area contributed by atoms with Gasteiger partial charge in [0.05, 0.1) is 4.92 Å². The first-order valence-corrected chi connectivity index (χ1v) is 6.73. The number of rotatable bonds is 5. The Labute approximate surface area is 122 Å². The second-order valence-corrected chi connectivity index (χ2v) is 4.82. The Kier molecular flexibility index (Phi) is 4.58. The predicted octanol–water partition coefficient (Wildman–Crippen LogP) is 3.97. The third kappa shape index (κ3) is 3.27. The molecular formula is C15H15ClN2O2. The lowest BCUT2D eigenvalue weighted by Crippen LogP contribution is -2.17. The molecule has 0 bridgehead atoms. The summed E-state index contributed by atoms with van der Waals surface area (Å²) in [7, 11) is 1.84.